The molecule has 1 rings (SSSR count). The molecule has 0 unspecified atom stereocenters. The van der Waals surface area contributed by atoms with Gasteiger partial charge >= 0.3 is 0 Å². The summed E-state index contributed by atoms with van der Waals surface area (Å²) >= 11 is 0. The monoisotopic (exact) mass is 248 g/mol. The maximum Gasteiger partial charge on any atom is 0.150 e. The Hall–Kier alpha value is -1.35. The molecule has 3 heteroatoms. The minimum absolute atomic E-state index is 0.567. The van der Waals surface area contributed by atoms with Gasteiger partial charge in [0, 0.05) is 37.4 Å². The van der Waals surface area contributed by atoms with E-state index in [0.29, 0.717) is 6.04 Å². The minimum atomic E-state index is 0.567. The number of likely N-dealkylation sites (N-methyl/N-ethyl adjacent to an activating group) is 2. The molecule has 0 fully saturated rings. The molecular weight excluding hydrogens is 224 g/mol. The fraction of sp³-hybridized carbons (Fsp3) is 0.533. The van der Waals surface area contributed by atoms with Gasteiger partial charge in [-0.3, -0.25) is 4.79 Å². The third kappa shape index (κ3) is 3.84. The SMILES string of the molecule is Cc1cc(N(C)CCN(C)C(C)C)ccc1C=O. The number of aldehydes is 1. The number of carbonyl (C=O) groups is 1. The third-order valence-corrected chi connectivity index (χ3v) is 3.49. The number of benzene rings is 1. The maximum absolute atomic E-state index is 10.8. The second kappa shape index (κ2) is 6.55. The molecule has 1 aromatic rings. The van der Waals surface area contributed by atoms with Crippen LogP contribution < -0.4 is 4.90 Å². The molecule has 18 heavy (non-hydrogen) atoms. The molecular formula is C15H24N2O. The summed E-state index contributed by atoms with van der Waals surface area (Å²) in [4.78, 5) is 15.3. The van der Waals surface area contributed by atoms with E-state index in [4.69, 9.17) is 0 Å². The highest BCUT2D eigenvalue weighted by atomic mass is 16.1. The maximum atomic E-state index is 10.8. The van der Waals surface area contributed by atoms with Crippen molar-refractivity contribution in [1.82, 2.24) is 4.90 Å². The molecule has 0 spiro atoms. The average molecular weight is 248 g/mol. The van der Waals surface area contributed by atoms with Gasteiger partial charge in [0.05, 0.1) is 0 Å². The van der Waals surface area contributed by atoms with Crippen molar-refractivity contribution in [2.45, 2.75) is 26.8 Å². The van der Waals surface area contributed by atoms with Crippen molar-refractivity contribution >= 4 is 12.0 Å². The van der Waals surface area contributed by atoms with Crippen LogP contribution in [0.1, 0.15) is 29.8 Å². The molecule has 0 N–H and O–H groups in total. The molecule has 0 saturated carbocycles. The van der Waals surface area contributed by atoms with Gasteiger partial charge in [-0.1, -0.05) is 0 Å². The van der Waals surface area contributed by atoms with Crippen LogP contribution in [0.4, 0.5) is 5.69 Å². The summed E-state index contributed by atoms with van der Waals surface area (Å²) in [5, 5.41) is 0. The summed E-state index contributed by atoms with van der Waals surface area (Å²) in [6, 6.07) is 6.53. The highest BCUT2D eigenvalue weighted by Gasteiger charge is 2.07. The Labute approximate surface area is 110 Å². The van der Waals surface area contributed by atoms with Crippen LogP contribution in [0, 0.1) is 6.92 Å². The molecule has 100 valence electrons. The minimum Gasteiger partial charge on any atom is -0.373 e. The topological polar surface area (TPSA) is 23.6 Å². The number of aryl methyl sites for hydroxylation is 1. The average Bonchev–Trinajstić information content (AvgIpc) is 2.35. The van der Waals surface area contributed by atoms with Crippen molar-refractivity contribution in [3.05, 3.63) is 29.3 Å². The van der Waals surface area contributed by atoms with Crippen molar-refractivity contribution in [2.24, 2.45) is 0 Å². The summed E-state index contributed by atoms with van der Waals surface area (Å²) in [5.41, 5.74) is 2.97. The van der Waals surface area contributed by atoms with Gasteiger partial charge in [0.25, 0.3) is 0 Å². The summed E-state index contributed by atoms with van der Waals surface area (Å²) < 4.78 is 0. The first kappa shape index (κ1) is 14.7. The zero-order valence-corrected chi connectivity index (χ0v) is 12.1. The second-order valence-electron chi connectivity index (χ2n) is 5.15. The summed E-state index contributed by atoms with van der Waals surface area (Å²) in [6.07, 6.45) is 0.908. The van der Waals surface area contributed by atoms with E-state index in [1.165, 1.54) is 0 Å². The molecule has 0 aliphatic heterocycles. The van der Waals surface area contributed by atoms with Gasteiger partial charge in [0.1, 0.15) is 6.29 Å². The molecule has 0 aliphatic carbocycles. The third-order valence-electron chi connectivity index (χ3n) is 3.49. The number of hydrogen-bond donors (Lipinski definition) is 0. The quantitative estimate of drug-likeness (QED) is 0.723. The predicted octanol–water partition coefficient (Wildman–Crippen LogP) is 2.58. The fourth-order valence-electron chi connectivity index (χ4n) is 1.72. The van der Waals surface area contributed by atoms with E-state index in [2.05, 4.69) is 43.8 Å². The van der Waals surface area contributed by atoms with Crippen LogP contribution in [-0.2, 0) is 0 Å². The Morgan fingerprint density at radius 1 is 1.22 bits per heavy atom. The predicted molar refractivity (Wildman–Crippen MR) is 77.6 cm³/mol. The first-order chi connectivity index (χ1) is 8.45. The zero-order valence-electron chi connectivity index (χ0n) is 12.1. The van der Waals surface area contributed by atoms with Gasteiger partial charge in [-0.15, -0.1) is 0 Å². The summed E-state index contributed by atoms with van der Waals surface area (Å²) in [5.74, 6) is 0. The lowest BCUT2D eigenvalue weighted by Gasteiger charge is -2.26. The van der Waals surface area contributed by atoms with Crippen LogP contribution in [0.25, 0.3) is 0 Å². The number of anilines is 1. The number of nitrogens with zero attached hydrogens (tertiary/aromatic N) is 2. The van der Waals surface area contributed by atoms with E-state index >= 15 is 0 Å². The molecule has 0 bridgehead atoms. The van der Waals surface area contributed by atoms with E-state index in [-0.39, 0.29) is 0 Å². The number of rotatable bonds is 6. The first-order valence-corrected chi connectivity index (χ1v) is 6.43. The Balaban J connectivity index is 2.64. The van der Waals surface area contributed by atoms with Crippen LogP contribution in [0.3, 0.4) is 0 Å². The van der Waals surface area contributed by atoms with Crippen molar-refractivity contribution in [1.29, 1.82) is 0 Å². The van der Waals surface area contributed by atoms with E-state index < -0.39 is 0 Å². The van der Waals surface area contributed by atoms with E-state index in [1.807, 2.05) is 19.1 Å². The lowest BCUT2D eigenvalue weighted by molar-refractivity contribution is 0.112. The largest absolute Gasteiger partial charge is 0.373 e. The molecule has 0 radical (unpaired) electrons. The summed E-state index contributed by atoms with van der Waals surface area (Å²) in [6.45, 7) is 8.38. The van der Waals surface area contributed by atoms with Crippen molar-refractivity contribution < 1.29 is 4.79 Å². The zero-order chi connectivity index (χ0) is 13.7. The van der Waals surface area contributed by atoms with Gasteiger partial charge < -0.3 is 9.80 Å². The number of carbonyl (C=O) groups excluding carboxylic acids is 1. The first-order valence-electron chi connectivity index (χ1n) is 6.43. The summed E-state index contributed by atoms with van der Waals surface area (Å²) in [7, 11) is 4.22. The van der Waals surface area contributed by atoms with Gasteiger partial charge in [0.15, 0.2) is 0 Å². The lowest BCUT2D eigenvalue weighted by atomic mass is 10.1. The van der Waals surface area contributed by atoms with Gasteiger partial charge in [0.2, 0.25) is 0 Å². The fourth-order valence-corrected chi connectivity index (χ4v) is 1.72. The highest BCUT2D eigenvalue weighted by molar-refractivity contribution is 5.78. The molecule has 0 atom stereocenters. The van der Waals surface area contributed by atoms with Crippen LogP contribution in [0.15, 0.2) is 18.2 Å². The highest BCUT2D eigenvalue weighted by Crippen LogP contribution is 2.17. The van der Waals surface area contributed by atoms with Crippen LogP contribution in [0.2, 0.25) is 0 Å². The van der Waals surface area contributed by atoms with E-state index in [0.717, 1.165) is 36.2 Å². The Bertz CT molecular complexity index is 401. The normalized spacial score (nSPS) is 11.1. The van der Waals surface area contributed by atoms with Crippen molar-refractivity contribution in [3.8, 4) is 0 Å². The number of hydrogen-bond acceptors (Lipinski definition) is 3. The van der Waals surface area contributed by atoms with Crippen LogP contribution in [0.5, 0.6) is 0 Å². The molecule has 3 nitrogen and oxygen atoms in total. The van der Waals surface area contributed by atoms with Crippen molar-refractivity contribution in [2.75, 3.05) is 32.1 Å². The van der Waals surface area contributed by atoms with Gasteiger partial charge in [-0.05, 0) is 51.6 Å². The molecule has 0 aromatic heterocycles. The van der Waals surface area contributed by atoms with E-state index in [1.54, 1.807) is 0 Å². The molecule has 0 aliphatic rings. The molecule has 1 aromatic carbocycles. The van der Waals surface area contributed by atoms with Crippen LogP contribution >= 0.6 is 0 Å². The Morgan fingerprint density at radius 2 is 1.89 bits per heavy atom. The molecule has 0 saturated heterocycles. The standard InChI is InChI=1S/C15H24N2O/c1-12(2)16(4)8-9-17(5)15-7-6-14(11-18)13(3)10-15/h6-7,10-12H,8-9H2,1-5H3. The Morgan fingerprint density at radius 3 is 2.39 bits per heavy atom. The molecule has 0 amide bonds. The smallest absolute Gasteiger partial charge is 0.150 e. The Kier molecular flexibility index (Phi) is 5.35. The van der Waals surface area contributed by atoms with Gasteiger partial charge in [-0.2, -0.15) is 0 Å². The van der Waals surface area contributed by atoms with Crippen LogP contribution in [-0.4, -0.2) is 44.4 Å². The molecule has 0 heterocycles. The lowest BCUT2D eigenvalue weighted by Crippen LogP contribution is -2.34. The van der Waals surface area contributed by atoms with E-state index in [9.17, 15) is 4.79 Å². The van der Waals surface area contributed by atoms with Crippen molar-refractivity contribution in [3.63, 3.8) is 0 Å². The second-order valence-corrected chi connectivity index (χ2v) is 5.15. The van der Waals surface area contributed by atoms with Gasteiger partial charge in [-0.25, -0.2) is 0 Å².